The Bertz CT molecular complexity index is 3230. The smallest absolute Gasteiger partial charge is 0.164 e. The van der Waals surface area contributed by atoms with Crippen molar-refractivity contribution in [3.05, 3.63) is 188 Å². The molecule has 0 saturated heterocycles. The Morgan fingerprint density at radius 3 is 1.42 bits per heavy atom. The van der Waals surface area contributed by atoms with Crippen LogP contribution >= 0.6 is 0 Å². The molecule has 0 atom stereocenters. The molecule has 4 heterocycles. The van der Waals surface area contributed by atoms with Crippen LogP contribution < -0.4 is 0 Å². The fourth-order valence-electron chi connectivity index (χ4n) is 7.67. The van der Waals surface area contributed by atoms with Gasteiger partial charge in [-0.15, -0.1) is 0 Å². The Hall–Kier alpha value is -7.83. The van der Waals surface area contributed by atoms with Crippen LogP contribution in [0.4, 0.5) is 0 Å². The summed E-state index contributed by atoms with van der Waals surface area (Å²) in [7, 11) is 0. The van der Waals surface area contributed by atoms with E-state index in [1.165, 1.54) is 0 Å². The van der Waals surface area contributed by atoms with Crippen molar-refractivity contribution in [1.82, 2.24) is 24.9 Å². The monoisotopic (exact) mass is 729 g/mol. The molecule has 11 aromatic rings. The first-order chi connectivity index (χ1) is 28.2. The molecule has 7 aromatic carbocycles. The topological polar surface area (TPSA) is 77.6 Å². The van der Waals surface area contributed by atoms with Crippen LogP contribution in [0.2, 0.25) is 0 Å². The average Bonchev–Trinajstić information content (AvgIpc) is 3.68. The molecule has 6 heteroatoms. The van der Waals surface area contributed by atoms with Gasteiger partial charge in [-0.1, -0.05) is 152 Å². The molecule has 266 valence electrons. The van der Waals surface area contributed by atoms with E-state index in [-0.39, 0.29) is 0 Å². The van der Waals surface area contributed by atoms with Gasteiger partial charge in [-0.05, 0) is 42.0 Å². The number of fused-ring (bicyclic) bond motifs is 6. The Labute approximate surface area is 327 Å². The van der Waals surface area contributed by atoms with Crippen molar-refractivity contribution in [2.24, 2.45) is 0 Å². The number of hydrogen-bond acceptors (Lipinski definition) is 6. The highest BCUT2D eigenvalue weighted by Gasteiger charge is 2.18. The van der Waals surface area contributed by atoms with Gasteiger partial charge in [0.2, 0.25) is 0 Å². The first kappa shape index (κ1) is 32.6. The molecule has 0 radical (unpaired) electrons. The minimum atomic E-state index is 0.558. The lowest BCUT2D eigenvalue weighted by molar-refractivity contribution is 0.670. The molecule has 0 fully saturated rings. The molecule has 0 aliphatic carbocycles. The number of para-hydroxylation sites is 2. The maximum atomic E-state index is 6.57. The number of nitrogens with zero attached hydrogens (tertiary/aromatic N) is 5. The minimum absolute atomic E-state index is 0.558. The zero-order chi connectivity index (χ0) is 37.7. The van der Waals surface area contributed by atoms with Gasteiger partial charge in [0.15, 0.2) is 17.5 Å². The van der Waals surface area contributed by atoms with Crippen molar-refractivity contribution in [3.8, 4) is 67.8 Å². The lowest BCUT2D eigenvalue weighted by Gasteiger charge is -2.13. The van der Waals surface area contributed by atoms with Gasteiger partial charge in [-0.3, -0.25) is 0 Å². The third-order valence-corrected chi connectivity index (χ3v) is 10.5. The summed E-state index contributed by atoms with van der Waals surface area (Å²) in [5.74, 6) is 1.76. The van der Waals surface area contributed by atoms with E-state index in [2.05, 4.69) is 91.0 Å². The van der Waals surface area contributed by atoms with Crippen LogP contribution in [-0.2, 0) is 0 Å². The minimum Gasteiger partial charge on any atom is -0.455 e. The van der Waals surface area contributed by atoms with Crippen molar-refractivity contribution in [2.45, 2.75) is 0 Å². The summed E-state index contributed by atoms with van der Waals surface area (Å²) >= 11 is 0. The van der Waals surface area contributed by atoms with Crippen LogP contribution in [-0.4, -0.2) is 24.9 Å². The van der Waals surface area contributed by atoms with E-state index in [0.717, 1.165) is 94.1 Å². The molecule has 0 aliphatic heterocycles. The molecule has 57 heavy (non-hydrogen) atoms. The summed E-state index contributed by atoms with van der Waals surface area (Å²) in [4.78, 5) is 25.7. The quantitative estimate of drug-likeness (QED) is 0.159. The van der Waals surface area contributed by atoms with E-state index in [9.17, 15) is 0 Å². The molecule has 6 nitrogen and oxygen atoms in total. The van der Waals surface area contributed by atoms with Crippen LogP contribution in [0.25, 0.3) is 112 Å². The van der Waals surface area contributed by atoms with Gasteiger partial charge in [0.1, 0.15) is 11.2 Å². The van der Waals surface area contributed by atoms with E-state index in [1.807, 2.05) is 97.1 Å². The summed E-state index contributed by atoms with van der Waals surface area (Å²) in [5, 5.41) is 4.19. The van der Waals surface area contributed by atoms with Crippen molar-refractivity contribution >= 4 is 43.7 Å². The number of hydrogen-bond donors (Lipinski definition) is 0. The number of benzene rings is 7. The molecule has 0 unspecified atom stereocenters. The van der Waals surface area contributed by atoms with E-state index in [4.69, 9.17) is 29.3 Å². The van der Waals surface area contributed by atoms with Crippen LogP contribution in [0.15, 0.2) is 192 Å². The second-order valence-electron chi connectivity index (χ2n) is 14.1. The van der Waals surface area contributed by atoms with Gasteiger partial charge in [0, 0.05) is 54.9 Å². The molecule has 0 N–H and O–H groups in total. The number of furan rings is 1. The largest absolute Gasteiger partial charge is 0.455 e. The summed E-state index contributed by atoms with van der Waals surface area (Å²) in [6.45, 7) is 0. The highest BCUT2D eigenvalue weighted by Crippen LogP contribution is 2.39. The fourth-order valence-corrected chi connectivity index (χ4v) is 7.67. The molecule has 0 aliphatic rings. The molecule has 0 saturated carbocycles. The molecule has 11 rings (SSSR count). The van der Waals surface area contributed by atoms with E-state index >= 15 is 0 Å². The molecule has 0 spiro atoms. The zero-order valence-corrected chi connectivity index (χ0v) is 30.5. The molecular formula is C51H31N5O. The van der Waals surface area contributed by atoms with Gasteiger partial charge >= 0.3 is 0 Å². The maximum Gasteiger partial charge on any atom is 0.164 e. The SMILES string of the molecule is c1ccc(-c2ccc3ccc4ccc(-c5cc(-c6nc(-c7ccccc7)nc(-c7ccccc7)n6)cc(-c6cccc7c6oc6ccccc67)c5)nc4c3n2)cc1. The Kier molecular flexibility index (Phi) is 7.71. The van der Waals surface area contributed by atoms with Crippen LogP contribution in [0.5, 0.6) is 0 Å². The van der Waals surface area contributed by atoms with Crippen molar-refractivity contribution in [2.75, 3.05) is 0 Å². The van der Waals surface area contributed by atoms with Crippen LogP contribution in [0.1, 0.15) is 0 Å². The van der Waals surface area contributed by atoms with Gasteiger partial charge in [-0.25, -0.2) is 24.9 Å². The van der Waals surface area contributed by atoms with Crippen molar-refractivity contribution in [3.63, 3.8) is 0 Å². The first-order valence-corrected chi connectivity index (χ1v) is 18.9. The predicted octanol–water partition coefficient (Wildman–Crippen LogP) is 12.9. The van der Waals surface area contributed by atoms with E-state index < -0.39 is 0 Å². The molecule has 0 amide bonds. The van der Waals surface area contributed by atoms with Crippen LogP contribution in [0.3, 0.4) is 0 Å². The van der Waals surface area contributed by atoms with Gasteiger partial charge in [0.25, 0.3) is 0 Å². The van der Waals surface area contributed by atoms with Gasteiger partial charge in [0.05, 0.1) is 22.4 Å². The highest BCUT2D eigenvalue weighted by molar-refractivity contribution is 6.10. The fraction of sp³-hybridized carbons (Fsp3) is 0. The lowest BCUT2D eigenvalue weighted by atomic mass is 9.96. The average molecular weight is 730 g/mol. The van der Waals surface area contributed by atoms with Crippen LogP contribution in [0, 0.1) is 0 Å². The third kappa shape index (κ3) is 5.88. The Morgan fingerprint density at radius 1 is 0.316 bits per heavy atom. The maximum absolute atomic E-state index is 6.57. The number of aromatic nitrogens is 5. The summed E-state index contributed by atoms with van der Waals surface area (Å²) in [5.41, 5.74) is 11.6. The zero-order valence-electron chi connectivity index (χ0n) is 30.5. The summed E-state index contributed by atoms with van der Waals surface area (Å²) in [6.07, 6.45) is 0. The predicted molar refractivity (Wildman–Crippen MR) is 230 cm³/mol. The normalized spacial score (nSPS) is 11.5. The Balaban J connectivity index is 1.16. The number of pyridine rings is 2. The van der Waals surface area contributed by atoms with E-state index in [1.54, 1.807) is 0 Å². The highest BCUT2D eigenvalue weighted by atomic mass is 16.3. The van der Waals surface area contributed by atoms with E-state index in [0.29, 0.717) is 17.5 Å². The van der Waals surface area contributed by atoms with Crippen molar-refractivity contribution < 1.29 is 4.42 Å². The molecular weight excluding hydrogens is 699 g/mol. The second-order valence-corrected chi connectivity index (χ2v) is 14.1. The Morgan fingerprint density at radius 2 is 0.789 bits per heavy atom. The summed E-state index contributed by atoms with van der Waals surface area (Å²) < 4.78 is 6.57. The molecule has 4 aromatic heterocycles. The molecule has 0 bridgehead atoms. The van der Waals surface area contributed by atoms with Gasteiger partial charge in [-0.2, -0.15) is 0 Å². The standard InChI is InChI=1S/C51H31N5O/c1-4-13-32(14-5-1)43-27-25-33-23-24-34-26-28-44(53-47(34)46(33)52-43)38-29-37(40-20-12-21-42-41-19-10-11-22-45(41)57-48(40)42)30-39(31-38)51-55-49(35-15-6-2-7-16-35)54-50(56-51)36-17-8-3-9-18-36/h1-31H. The third-order valence-electron chi connectivity index (χ3n) is 10.5. The lowest BCUT2D eigenvalue weighted by Crippen LogP contribution is -2.00. The summed E-state index contributed by atoms with van der Waals surface area (Å²) in [6, 6.07) is 64.0. The number of rotatable bonds is 6. The van der Waals surface area contributed by atoms with Crippen molar-refractivity contribution in [1.29, 1.82) is 0 Å². The second kappa shape index (κ2) is 13.5. The first-order valence-electron chi connectivity index (χ1n) is 18.9. The van der Waals surface area contributed by atoms with Gasteiger partial charge < -0.3 is 4.42 Å².